The van der Waals surface area contributed by atoms with Gasteiger partial charge in [0.25, 0.3) is 0 Å². The minimum atomic E-state index is -1.07. The van der Waals surface area contributed by atoms with Gasteiger partial charge < -0.3 is 10.4 Å². The fraction of sp³-hybridized carbons (Fsp3) is 0.545. The molecule has 0 atom stereocenters. The second-order valence-corrected chi connectivity index (χ2v) is 5.84. The van der Waals surface area contributed by atoms with Crippen LogP contribution in [-0.2, 0) is 4.79 Å². The number of hydrogen-bond donors (Lipinski definition) is 2. The van der Waals surface area contributed by atoms with Crippen LogP contribution in [0, 0.1) is 12.3 Å². The van der Waals surface area contributed by atoms with Crippen molar-refractivity contribution < 1.29 is 14.7 Å². The summed E-state index contributed by atoms with van der Waals surface area (Å²) in [6, 6.07) is 0. The molecule has 0 aliphatic carbocycles. The third kappa shape index (κ3) is 3.81. The van der Waals surface area contributed by atoms with Crippen LogP contribution in [0.4, 0.5) is 5.00 Å². The van der Waals surface area contributed by atoms with Gasteiger partial charge in [-0.05, 0) is 23.9 Å². The SMILES string of the molecule is Cc1nsc(NC(=O)CC(C)(C)C)c1C(=O)O. The highest BCUT2D eigenvalue weighted by Gasteiger charge is 2.21. The molecule has 1 rings (SSSR count). The van der Waals surface area contributed by atoms with Crippen LogP contribution in [0.1, 0.15) is 43.2 Å². The van der Waals surface area contributed by atoms with Gasteiger partial charge in [-0.3, -0.25) is 4.79 Å². The predicted octanol–water partition coefficient (Wildman–Crippen LogP) is 2.52. The summed E-state index contributed by atoms with van der Waals surface area (Å²) in [5, 5.41) is 11.9. The number of carbonyl (C=O) groups is 2. The Morgan fingerprint density at radius 3 is 2.47 bits per heavy atom. The number of carboxylic acids is 1. The van der Waals surface area contributed by atoms with Gasteiger partial charge in [-0.15, -0.1) is 0 Å². The summed E-state index contributed by atoms with van der Waals surface area (Å²) in [5.74, 6) is -1.26. The minimum absolute atomic E-state index is 0.0808. The molecule has 2 N–H and O–H groups in total. The summed E-state index contributed by atoms with van der Waals surface area (Å²) < 4.78 is 3.93. The summed E-state index contributed by atoms with van der Waals surface area (Å²) in [6.45, 7) is 7.45. The van der Waals surface area contributed by atoms with Crippen molar-refractivity contribution in [2.45, 2.75) is 34.1 Å². The number of hydrogen-bond acceptors (Lipinski definition) is 4. The largest absolute Gasteiger partial charge is 0.478 e. The molecule has 0 aliphatic heterocycles. The number of rotatable bonds is 3. The molecule has 0 aliphatic rings. The van der Waals surface area contributed by atoms with Crippen LogP contribution < -0.4 is 5.32 Å². The smallest absolute Gasteiger partial charge is 0.340 e. The van der Waals surface area contributed by atoms with E-state index in [0.29, 0.717) is 17.1 Å². The van der Waals surface area contributed by atoms with Crippen molar-refractivity contribution >= 4 is 28.4 Å². The normalized spacial score (nSPS) is 11.3. The molecule has 1 heterocycles. The Balaban J connectivity index is 2.83. The van der Waals surface area contributed by atoms with Gasteiger partial charge in [0.1, 0.15) is 10.6 Å². The Hall–Kier alpha value is -1.43. The summed E-state index contributed by atoms with van der Waals surface area (Å²) in [6.07, 6.45) is 0.336. The van der Waals surface area contributed by atoms with E-state index in [0.717, 1.165) is 11.5 Å². The van der Waals surface area contributed by atoms with Crippen LogP contribution in [0.25, 0.3) is 0 Å². The number of carbonyl (C=O) groups excluding carboxylic acids is 1. The first-order valence-electron chi connectivity index (χ1n) is 5.20. The highest BCUT2D eigenvalue weighted by atomic mass is 32.1. The zero-order chi connectivity index (χ0) is 13.2. The lowest BCUT2D eigenvalue weighted by Crippen LogP contribution is -2.20. The lowest BCUT2D eigenvalue weighted by molar-refractivity contribution is -0.117. The van der Waals surface area contributed by atoms with Gasteiger partial charge in [0.2, 0.25) is 5.91 Å². The third-order valence-corrected chi connectivity index (χ3v) is 2.87. The van der Waals surface area contributed by atoms with Gasteiger partial charge in [0, 0.05) is 6.42 Å². The first-order valence-corrected chi connectivity index (χ1v) is 5.97. The van der Waals surface area contributed by atoms with Gasteiger partial charge in [-0.25, -0.2) is 4.79 Å². The lowest BCUT2D eigenvalue weighted by atomic mass is 9.92. The summed E-state index contributed by atoms with van der Waals surface area (Å²) in [4.78, 5) is 22.7. The Morgan fingerprint density at radius 2 is 2.00 bits per heavy atom. The maximum Gasteiger partial charge on any atom is 0.340 e. The van der Waals surface area contributed by atoms with E-state index in [1.165, 1.54) is 0 Å². The van der Waals surface area contributed by atoms with E-state index >= 15 is 0 Å². The molecule has 0 unspecified atom stereocenters. The molecular weight excluding hydrogens is 240 g/mol. The number of aromatic nitrogens is 1. The fourth-order valence-corrected chi connectivity index (χ4v) is 2.16. The zero-order valence-corrected chi connectivity index (χ0v) is 11.1. The van der Waals surface area contributed by atoms with E-state index in [1.807, 2.05) is 20.8 Å². The molecule has 0 spiro atoms. The van der Waals surface area contributed by atoms with Crippen LogP contribution in [0.5, 0.6) is 0 Å². The fourth-order valence-electron chi connectivity index (χ4n) is 1.36. The topological polar surface area (TPSA) is 79.3 Å². The highest BCUT2D eigenvalue weighted by Crippen LogP contribution is 2.26. The Labute approximate surface area is 104 Å². The quantitative estimate of drug-likeness (QED) is 0.871. The maximum absolute atomic E-state index is 11.7. The number of nitrogens with zero attached hydrogens (tertiary/aromatic N) is 1. The van der Waals surface area contributed by atoms with Crippen molar-refractivity contribution in [1.29, 1.82) is 0 Å². The molecule has 1 aromatic rings. The van der Waals surface area contributed by atoms with E-state index in [4.69, 9.17) is 5.11 Å². The molecule has 0 radical (unpaired) electrons. The molecule has 0 saturated carbocycles. The van der Waals surface area contributed by atoms with E-state index in [-0.39, 0.29) is 16.9 Å². The molecule has 5 nitrogen and oxygen atoms in total. The number of anilines is 1. The third-order valence-electron chi connectivity index (χ3n) is 2.02. The maximum atomic E-state index is 11.7. The number of amides is 1. The first-order chi connectivity index (χ1) is 7.70. The van der Waals surface area contributed by atoms with Crippen molar-refractivity contribution in [3.05, 3.63) is 11.3 Å². The number of aromatic carboxylic acids is 1. The Morgan fingerprint density at radius 1 is 1.41 bits per heavy atom. The molecule has 1 amide bonds. The Kier molecular flexibility index (Phi) is 3.87. The predicted molar refractivity (Wildman–Crippen MR) is 66.5 cm³/mol. The second kappa shape index (κ2) is 4.83. The molecule has 94 valence electrons. The van der Waals surface area contributed by atoms with Crippen LogP contribution in [-0.4, -0.2) is 21.4 Å². The zero-order valence-electron chi connectivity index (χ0n) is 10.3. The average Bonchev–Trinajstić information content (AvgIpc) is 2.42. The minimum Gasteiger partial charge on any atom is -0.478 e. The number of aryl methyl sites for hydroxylation is 1. The summed E-state index contributed by atoms with van der Waals surface area (Å²) in [5.41, 5.74) is 0.374. The average molecular weight is 256 g/mol. The first kappa shape index (κ1) is 13.6. The standard InChI is InChI=1S/C11H16N2O3S/c1-6-8(10(15)16)9(17-13-6)12-7(14)5-11(2,3)4/h5H2,1-4H3,(H,12,14)(H,15,16). The molecule has 0 bridgehead atoms. The molecule has 0 aromatic carbocycles. The molecule has 6 heteroatoms. The monoisotopic (exact) mass is 256 g/mol. The molecule has 1 aromatic heterocycles. The van der Waals surface area contributed by atoms with Crippen molar-refractivity contribution in [3.8, 4) is 0 Å². The summed E-state index contributed by atoms with van der Waals surface area (Å²) in [7, 11) is 0. The van der Waals surface area contributed by atoms with E-state index in [1.54, 1.807) is 6.92 Å². The molecule has 0 fully saturated rings. The van der Waals surface area contributed by atoms with E-state index in [2.05, 4.69) is 9.69 Å². The number of nitrogens with one attached hydrogen (secondary N) is 1. The second-order valence-electron chi connectivity index (χ2n) is 5.06. The van der Waals surface area contributed by atoms with Crippen LogP contribution in [0.15, 0.2) is 0 Å². The van der Waals surface area contributed by atoms with E-state index < -0.39 is 5.97 Å². The molecular formula is C11H16N2O3S. The lowest BCUT2D eigenvalue weighted by Gasteiger charge is -2.16. The van der Waals surface area contributed by atoms with Gasteiger partial charge in [0.15, 0.2) is 0 Å². The molecule has 17 heavy (non-hydrogen) atoms. The summed E-state index contributed by atoms with van der Waals surface area (Å²) >= 11 is 0.996. The van der Waals surface area contributed by atoms with Crippen molar-refractivity contribution in [2.24, 2.45) is 5.41 Å². The van der Waals surface area contributed by atoms with Crippen LogP contribution in [0.2, 0.25) is 0 Å². The van der Waals surface area contributed by atoms with Gasteiger partial charge in [-0.2, -0.15) is 4.37 Å². The van der Waals surface area contributed by atoms with Gasteiger partial charge in [0.05, 0.1) is 5.69 Å². The Bertz CT molecular complexity index is 446. The molecule has 0 saturated heterocycles. The highest BCUT2D eigenvalue weighted by molar-refractivity contribution is 7.11. The van der Waals surface area contributed by atoms with Crippen LogP contribution in [0.3, 0.4) is 0 Å². The van der Waals surface area contributed by atoms with E-state index in [9.17, 15) is 9.59 Å². The van der Waals surface area contributed by atoms with Gasteiger partial charge in [-0.1, -0.05) is 20.8 Å². The van der Waals surface area contributed by atoms with Crippen molar-refractivity contribution in [2.75, 3.05) is 5.32 Å². The van der Waals surface area contributed by atoms with Crippen LogP contribution >= 0.6 is 11.5 Å². The number of carboxylic acid groups (broad SMARTS) is 1. The van der Waals surface area contributed by atoms with Crippen molar-refractivity contribution in [1.82, 2.24) is 4.37 Å². The van der Waals surface area contributed by atoms with Gasteiger partial charge >= 0.3 is 5.97 Å². The van der Waals surface area contributed by atoms with Crippen molar-refractivity contribution in [3.63, 3.8) is 0 Å².